The molecule has 1 heterocycles. The van der Waals surface area contributed by atoms with Crippen molar-refractivity contribution in [3.8, 4) is 0 Å². The predicted octanol–water partition coefficient (Wildman–Crippen LogP) is 2.90. The molecule has 15 heavy (non-hydrogen) atoms. The van der Waals surface area contributed by atoms with Gasteiger partial charge in [0, 0.05) is 24.9 Å². The molecule has 1 fully saturated rings. The number of hydrogen-bond acceptors (Lipinski definition) is 1. The highest BCUT2D eigenvalue weighted by molar-refractivity contribution is 6.17. The van der Waals surface area contributed by atoms with Crippen LogP contribution in [0.5, 0.6) is 0 Å². The van der Waals surface area contributed by atoms with E-state index in [1.807, 2.05) is 11.8 Å². The molecule has 0 N–H and O–H groups in total. The molecule has 2 nitrogen and oxygen atoms in total. The number of carbonyl (C=O) groups is 1. The molecular formula is C12H22ClNO. The first kappa shape index (κ1) is 12.8. The molecule has 2 unspecified atom stereocenters. The molecule has 1 saturated heterocycles. The average Bonchev–Trinajstić information content (AvgIpc) is 2.21. The molecule has 0 aromatic rings. The van der Waals surface area contributed by atoms with E-state index in [0.717, 1.165) is 44.7 Å². The summed E-state index contributed by atoms with van der Waals surface area (Å²) < 4.78 is 0. The molecule has 1 amide bonds. The Kier molecular flexibility index (Phi) is 5.44. The van der Waals surface area contributed by atoms with Gasteiger partial charge in [0.05, 0.1) is 0 Å². The van der Waals surface area contributed by atoms with Gasteiger partial charge in [0.15, 0.2) is 0 Å². The second kappa shape index (κ2) is 6.37. The number of hydrogen-bond donors (Lipinski definition) is 0. The van der Waals surface area contributed by atoms with Crippen LogP contribution >= 0.6 is 11.6 Å². The first-order valence-electron chi connectivity index (χ1n) is 6.00. The Morgan fingerprint density at radius 2 is 2.27 bits per heavy atom. The van der Waals surface area contributed by atoms with E-state index >= 15 is 0 Å². The van der Waals surface area contributed by atoms with Crippen LogP contribution < -0.4 is 0 Å². The molecule has 0 bridgehead atoms. The molecule has 0 aromatic carbocycles. The first-order valence-corrected chi connectivity index (χ1v) is 6.53. The molecule has 0 saturated carbocycles. The van der Waals surface area contributed by atoms with Gasteiger partial charge in [-0.05, 0) is 31.6 Å². The monoisotopic (exact) mass is 231 g/mol. The number of likely N-dealkylation sites (tertiary alicyclic amines) is 1. The van der Waals surface area contributed by atoms with Crippen molar-refractivity contribution in [1.29, 1.82) is 0 Å². The van der Waals surface area contributed by atoms with Crippen molar-refractivity contribution in [3.05, 3.63) is 0 Å². The predicted molar refractivity (Wildman–Crippen MR) is 64.1 cm³/mol. The van der Waals surface area contributed by atoms with Crippen LogP contribution in [0.2, 0.25) is 0 Å². The molecule has 88 valence electrons. The van der Waals surface area contributed by atoms with Crippen LogP contribution in [-0.4, -0.2) is 29.8 Å². The van der Waals surface area contributed by atoms with Crippen molar-refractivity contribution in [2.75, 3.05) is 19.0 Å². The summed E-state index contributed by atoms with van der Waals surface area (Å²) >= 11 is 5.69. The highest BCUT2D eigenvalue weighted by atomic mass is 35.5. The third kappa shape index (κ3) is 4.02. The highest BCUT2D eigenvalue weighted by Gasteiger charge is 2.24. The van der Waals surface area contributed by atoms with Crippen molar-refractivity contribution in [2.24, 2.45) is 11.8 Å². The van der Waals surface area contributed by atoms with Crippen LogP contribution in [0.1, 0.15) is 39.5 Å². The number of nitrogens with zero attached hydrogens (tertiary/aromatic N) is 1. The first-order chi connectivity index (χ1) is 7.15. The molecule has 0 aliphatic carbocycles. The Hall–Kier alpha value is -0.240. The number of carbonyl (C=O) groups excluding carboxylic acids is 1. The molecule has 0 radical (unpaired) electrons. The molecule has 3 heteroatoms. The smallest absolute Gasteiger partial charge is 0.225 e. The number of piperidine rings is 1. The number of amides is 1. The van der Waals surface area contributed by atoms with Gasteiger partial charge in [-0.15, -0.1) is 11.6 Å². The zero-order chi connectivity index (χ0) is 11.3. The van der Waals surface area contributed by atoms with Gasteiger partial charge in [0.25, 0.3) is 0 Å². The van der Waals surface area contributed by atoms with E-state index in [-0.39, 0.29) is 5.92 Å². The Bertz CT molecular complexity index is 208. The normalized spacial score (nSPS) is 24.3. The van der Waals surface area contributed by atoms with Crippen LogP contribution in [-0.2, 0) is 4.79 Å². The largest absolute Gasteiger partial charge is 0.342 e. The fourth-order valence-corrected chi connectivity index (χ4v) is 2.44. The van der Waals surface area contributed by atoms with E-state index in [4.69, 9.17) is 11.6 Å². The lowest BCUT2D eigenvalue weighted by Crippen LogP contribution is -2.41. The standard InChI is InChI=1S/C12H22ClNO/c1-10(5-7-13)6-9-14-8-3-4-11(2)12(14)15/h10-11H,3-9H2,1-2H3. The molecule has 1 aliphatic heterocycles. The van der Waals surface area contributed by atoms with Crippen LogP contribution in [0.25, 0.3) is 0 Å². The van der Waals surface area contributed by atoms with E-state index in [0.29, 0.717) is 11.8 Å². The van der Waals surface area contributed by atoms with Gasteiger partial charge in [-0.2, -0.15) is 0 Å². The Morgan fingerprint density at radius 3 is 2.93 bits per heavy atom. The summed E-state index contributed by atoms with van der Waals surface area (Å²) in [6.07, 6.45) is 4.37. The van der Waals surface area contributed by atoms with Gasteiger partial charge < -0.3 is 4.90 Å². The topological polar surface area (TPSA) is 20.3 Å². The highest BCUT2D eigenvalue weighted by Crippen LogP contribution is 2.18. The minimum atomic E-state index is 0.238. The molecular weight excluding hydrogens is 210 g/mol. The Morgan fingerprint density at radius 1 is 1.53 bits per heavy atom. The van der Waals surface area contributed by atoms with Gasteiger partial charge >= 0.3 is 0 Å². The molecule has 1 aliphatic rings. The van der Waals surface area contributed by atoms with Gasteiger partial charge in [0.2, 0.25) is 5.91 Å². The van der Waals surface area contributed by atoms with E-state index in [1.165, 1.54) is 0 Å². The number of rotatable bonds is 5. The lowest BCUT2D eigenvalue weighted by Gasteiger charge is -2.31. The van der Waals surface area contributed by atoms with E-state index in [2.05, 4.69) is 6.92 Å². The lowest BCUT2D eigenvalue weighted by atomic mass is 9.98. The fraction of sp³-hybridized carbons (Fsp3) is 0.917. The molecule has 0 spiro atoms. The molecule has 2 atom stereocenters. The quantitative estimate of drug-likeness (QED) is 0.667. The van der Waals surface area contributed by atoms with Crippen molar-refractivity contribution in [1.82, 2.24) is 4.90 Å². The maximum absolute atomic E-state index is 11.8. The molecule has 0 aromatic heterocycles. The second-order valence-electron chi connectivity index (χ2n) is 4.74. The Balaban J connectivity index is 2.28. The zero-order valence-corrected chi connectivity index (χ0v) is 10.6. The minimum absolute atomic E-state index is 0.238. The second-order valence-corrected chi connectivity index (χ2v) is 5.12. The maximum atomic E-state index is 11.8. The zero-order valence-electron chi connectivity index (χ0n) is 9.84. The summed E-state index contributed by atoms with van der Waals surface area (Å²) in [4.78, 5) is 13.8. The summed E-state index contributed by atoms with van der Waals surface area (Å²) in [7, 11) is 0. The maximum Gasteiger partial charge on any atom is 0.225 e. The summed E-state index contributed by atoms with van der Waals surface area (Å²) in [5.74, 6) is 1.94. The van der Waals surface area contributed by atoms with E-state index in [1.54, 1.807) is 0 Å². The minimum Gasteiger partial charge on any atom is -0.342 e. The van der Waals surface area contributed by atoms with Gasteiger partial charge in [-0.25, -0.2) is 0 Å². The third-order valence-electron chi connectivity index (χ3n) is 3.29. The van der Waals surface area contributed by atoms with Crippen molar-refractivity contribution >= 4 is 17.5 Å². The third-order valence-corrected chi connectivity index (χ3v) is 3.51. The van der Waals surface area contributed by atoms with Gasteiger partial charge in [-0.1, -0.05) is 13.8 Å². The van der Waals surface area contributed by atoms with E-state index < -0.39 is 0 Å². The van der Waals surface area contributed by atoms with Crippen molar-refractivity contribution < 1.29 is 4.79 Å². The Labute approximate surface area is 98.0 Å². The SMILES string of the molecule is CC(CCCl)CCN1CCCC(C)C1=O. The summed E-state index contributed by atoms with van der Waals surface area (Å²) in [5.41, 5.74) is 0. The summed E-state index contributed by atoms with van der Waals surface area (Å²) in [6.45, 7) is 6.12. The van der Waals surface area contributed by atoms with Crippen LogP contribution in [0.15, 0.2) is 0 Å². The molecule has 1 rings (SSSR count). The van der Waals surface area contributed by atoms with E-state index in [9.17, 15) is 4.79 Å². The summed E-state index contributed by atoms with van der Waals surface area (Å²) in [6, 6.07) is 0. The number of alkyl halides is 1. The van der Waals surface area contributed by atoms with Crippen LogP contribution in [0.3, 0.4) is 0 Å². The average molecular weight is 232 g/mol. The number of halogens is 1. The fourth-order valence-electron chi connectivity index (χ4n) is 2.06. The van der Waals surface area contributed by atoms with Crippen molar-refractivity contribution in [2.45, 2.75) is 39.5 Å². The lowest BCUT2D eigenvalue weighted by molar-refractivity contribution is -0.137. The van der Waals surface area contributed by atoms with Crippen LogP contribution in [0, 0.1) is 11.8 Å². The van der Waals surface area contributed by atoms with Gasteiger partial charge in [0.1, 0.15) is 0 Å². The summed E-state index contributed by atoms with van der Waals surface area (Å²) in [5, 5.41) is 0. The van der Waals surface area contributed by atoms with Crippen LogP contribution in [0.4, 0.5) is 0 Å². The van der Waals surface area contributed by atoms with Crippen molar-refractivity contribution in [3.63, 3.8) is 0 Å². The van der Waals surface area contributed by atoms with Gasteiger partial charge in [-0.3, -0.25) is 4.79 Å².